The topological polar surface area (TPSA) is 0 Å². The van der Waals surface area contributed by atoms with E-state index >= 15 is 0 Å². The fourth-order valence-electron chi connectivity index (χ4n) is 4.51. The predicted octanol–water partition coefficient (Wildman–Crippen LogP) is 11.3. The lowest BCUT2D eigenvalue weighted by atomic mass is 10.1. The van der Waals surface area contributed by atoms with Crippen molar-refractivity contribution >= 4 is 54.7 Å². The number of aryl methyl sites for hydroxylation is 4. The van der Waals surface area contributed by atoms with E-state index in [1.165, 1.54) is 115 Å². The molecule has 4 aromatic heterocycles. The molecule has 0 amide bonds. The zero-order chi connectivity index (χ0) is 22.5. The van der Waals surface area contributed by atoms with E-state index in [4.69, 9.17) is 0 Å². The molecular weight excluding hydrogens is 465 g/mol. The van der Waals surface area contributed by atoms with Gasteiger partial charge in [0, 0.05) is 24.9 Å². The largest absolute Gasteiger partial charge is 0.143 e. The Bertz CT molecular complexity index is 1050. The molecule has 0 atom stereocenters. The Morgan fingerprint density at radius 3 is 1.50 bits per heavy atom. The van der Waals surface area contributed by atoms with Crippen molar-refractivity contribution in [1.82, 2.24) is 0 Å². The van der Waals surface area contributed by atoms with Gasteiger partial charge in [0.15, 0.2) is 0 Å². The van der Waals surface area contributed by atoms with Crippen molar-refractivity contribution in [1.29, 1.82) is 0 Å². The summed E-state index contributed by atoms with van der Waals surface area (Å²) in [7, 11) is 0. The van der Waals surface area contributed by atoms with Gasteiger partial charge in [0.1, 0.15) is 0 Å². The second kappa shape index (κ2) is 11.5. The molecule has 0 radical (unpaired) electrons. The molecule has 32 heavy (non-hydrogen) atoms. The maximum atomic E-state index is 2.46. The summed E-state index contributed by atoms with van der Waals surface area (Å²) in [5.41, 5.74) is 6.03. The third-order valence-corrected chi connectivity index (χ3v) is 11.4. The highest BCUT2D eigenvalue weighted by molar-refractivity contribution is 7.42. The Hall–Kier alpha value is -0.940. The van der Waals surface area contributed by atoms with E-state index in [0.717, 1.165) is 0 Å². The summed E-state index contributed by atoms with van der Waals surface area (Å²) in [6, 6.07) is 4.92. The van der Waals surface area contributed by atoms with Crippen molar-refractivity contribution in [2.75, 3.05) is 0 Å². The zero-order valence-electron chi connectivity index (χ0n) is 20.0. The Kier molecular flexibility index (Phi) is 8.67. The van der Waals surface area contributed by atoms with Crippen LogP contribution in [0.4, 0.5) is 0 Å². The average Bonchev–Trinajstić information content (AvgIpc) is 3.55. The number of rotatable bonds is 12. The van der Waals surface area contributed by atoms with Gasteiger partial charge >= 0.3 is 0 Å². The van der Waals surface area contributed by atoms with Crippen molar-refractivity contribution < 1.29 is 0 Å². The predicted molar refractivity (Wildman–Crippen MR) is 151 cm³/mol. The molecule has 0 fully saturated rings. The Labute approximate surface area is 210 Å². The highest BCUT2D eigenvalue weighted by Crippen LogP contribution is 2.49. The Morgan fingerprint density at radius 1 is 0.625 bits per heavy atom. The second-order valence-corrected chi connectivity index (χ2v) is 13.2. The van der Waals surface area contributed by atoms with Crippen LogP contribution in [0.1, 0.15) is 87.5 Å². The summed E-state index contributed by atoms with van der Waals surface area (Å²) in [4.78, 5) is 5.92. The third kappa shape index (κ3) is 5.41. The fourth-order valence-corrected chi connectivity index (χ4v) is 9.62. The van der Waals surface area contributed by atoms with E-state index in [9.17, 15) is 0 Å². The summed E-state index contributed by atoms with van der Waals surface area (Å²) in [6.07, 6.45) is 13.2. The van der Waals surface area contributed by atoms with Crippen molar-refractivity contribution in [3.8, 4) is 19.5 Å². The lowest BCUT2D eigenvalue weighted by molar-refractivity contribution is 0.667. The van der Waals surface area contributed by atoms with Crippen LogP contribution in [0.2, 0.25) is 0 Å². The molecule has 0 aliphatic heterocycles. The van der Waals surface area contributed by atoms with Crippen LogP contribution in [-0.2, 0) is 12.8 Å². The average molecular weight is 501 g/mol. The highest BCUT2D eigenvalue weighted by Gasteiger charge is 2.20. The van der Waals surface area contributed by atoms with E-state index in [1.54, 1.807) is 0 Å². The van der Waals surface area contributed by atoms with E-state index < -0.39 is 0 Å². The Balaban J connectivity index is 1.51. The third-order valence-electron chi connectivity index (χ3n) is 6.42. The van der Waals surface area contributed by atoms with Gasteiger partial charge in [-0.25, -0.2) is 0 Å². The number of thiophene rings is 4. The molecule has 0 aliphatic carbocycles. The molecule has 0 nitrogen and oxygen atoms in total. The van der Waals surface area contributed by atoms with Gasteiger partial charge in [-0.1, -0.05) is 52.4 Å². The minimum absolute atomic E-state index is 1.23. The first-order valence-corrected chi connectivity index (χ1v) is 15.7. The molecule has 172 valence electrons. The minimum Gasteiger partial charge on any atom is -0.143 e. The molecule has 4 rings (SSSR count). The van der Waals surface area contributed by atoms with Crippen molar-refractivity contribution in [3.63, 3.8) is 0 Å². The van der Waals surface area contributed by atoms with Crippen LogP contribution in [0.25, 0.3) is 28.9 Å². The van der Waals surface area contributed by atoms with Crippen molar-refractivity contribution in [3.05, 3.63) is 45.1 Å². The highest BCUT2D eigenvalue weighted by atomic mass is 32.2. The van der Waals surface area contributed by atoms with E-state index in [2.05, 4.69) is 50.6 Å². The first-order valence-electron chi connectivity index (χ1n) is 12.3. The van der Waals surface area contributed by atoms with Gasteiger partial charge in [-0.3, -0.25) is 0 Å². The summed E-state index contributed by atoms with van der Waals surface area (Å²) >= 11 is 7.90. The molecular formula is C28H36S4. The first kappa shape index (κ1) is 24.2. The monoisotopic (exact) mass is 500 g/mol. The quantitative estimate of drug-likeness (QED) is 0.170. The summed E-state index contributed by atoms with van der Waals surface area (Å²) in [5.74, 6) is 0. The van der Waals surface area contributed by atoms with Crippen LogP contribution < -0.4 is 0 Å². The maximum absolute atomic E-state index is 2.46. The molecule has 0 bridgehead atoms. The number of unbranched alkanes of at least 4 members (excludes halogenated alkanes) is 6. The maximum Gasteiger partial charge on any atom is 0.0884 e. The minimum atomic E-state index is 1.23. The van der Waals surface area contributed by atoms with Crippen LogP contribution >= 0.6 is 45.3 Å². The molecule has 4 heterocycles. The van der Waals surface area contributed by atoms with Crippen LogP contribution in [0.5, 0.6) is 0 Å². The summed E-state index contributed by atoms with van der Waals surface area (Å²) in [6.45, 7) is 9.25. The standard InChI is InChI=1S/C28H36S4/c1-5-7-9-11-13-21-15-23(29-17-21)26-19(3)25-20(4)27(32-28(25)31-26)24-16-22(18-30-24)14-12-10-8-6-2/h15-18H,5-14H2,1-4H3. The number of fused-ring (bicyclic) bond motifs is 1. The summed E-state index contributed by atoms with van der Waals surface area (Å²) < 4.78 is 1.50. The molecule has 0 spiro atoms. The SMILES string of the molecule is CCCCCCc1csc(-c2sc3sc(-c4cc(CCCCCC)cs4)c(C)c3c2C)c1. The van der Waals surface area contributed by atoms with Crippen molar-refractivity contribution in [2.45, 2.75) is 91.9 Å². The molecule has 0 saturated heterocycles. The lowest BCUT2D eigenvalue weighted by Gasteiger charge is -2.00. The van der Waals surface area contributed by atoms with E-state index in [0.29, 0.717) is 0 Å². The van der Waals surface area contributed by atoms with Crippen LogP contribution in [-0.4, -0.2) is 0 Å². The van der Waals surface area contributed by atoms with Crippen LogP contribution in [0.15, 0.2) is 22.9 Å². The molecule has 0 N–H and O–H groups in total. The molecule has 0 unspecified atom stereocenters. The van der Waals surface area contributed by atoms with Gasteiger partial charge in [0.05, 0.1) is 4.01 Å². The van der Waals surface area contributed by atoms with Crippen LogP contribution in [0.3, 0.4) is 0 Å². The number of hydrogen-bond acceptors (Lipinski definition) is 4. The molecule has 4 aromatic rings. The van der Waals surface area contributed by atoms with E-state index in [1.807, 2.05) is 45.3 Å². The van der Waals surface area contributed by atoms with E-state index in [-0.39, 0.29) is 0 Å². The van der Waals surface area contributed by atoms with Crippen molar-refractivity contribution in [2.24, 2.45) is 0 Å². The Morgan fingerprint density at radius 2 is 1.09 bits per heavy atom. The second-order valence-electron chi connectivity index (χ2n) is 9.03. The molecule has 0 aromatic carbocycles. The fraction of sp³-hybridized carbons (Fsp3) is 0.500. The van der Waals surface area contributed by atoms with Gasteiger partial charge in [0.25, 0.3) is 0 Å². The smallest absolute Gasteiger partial charge is 0.0884 e. The van der Waals surface area contributed by atoms with Gasteiger partial charge in [-0.15, -0.1) is 45.3 Å². The van der Waals surface area contributed by atoms with Crippen LogP contribution in [0, 0.1) is 13.8 Å². The van der Waals surface area contributed by atoms with Gasteiger partial charge in [0.2, 0.25) is 0 Å². The molecule has 0 aliphatic rings. The normalized spacial score (nSPS) is 11.8. The van der Waals surface area contributed by atoms with Gasteiger partial charge in [-0.2, -0.15) is 0 Å². The number of hydrogen-bond donors (Lipinski definition) is 0. The van der Waals surface area contributed by atoms with Gasteiger partial charge < -0.3 is 0 Å². The zero-order valence-corrected chi connectivity index (χ0v) is 23.3. The van der Waals surface area contributed by atoms with Gasteiger partial charge in [-0.05, 0) is 84.7 Å². The molecule has 4 heteroatoms. The summed E-state index contributed by atoms with van der Waals surface area (Å²) in [5, 5.41) is 6.29. The first-order chi connectivity index (χ1) is 15.6. The lowest BCUT2D eigenvalue weighted by Crippen LogP contribution is -1.82. The molecule has 0 saturated carbocycles.